The van der Waals surface area contributed by atoms with Crippen molar-refractivity contribution in [3.8, 4) is 0 Å². The fourth-order valence-corrected chi connectivity index (χ4v) is 2.40. The summed E-state index contributed by atoms with van der Waals surface area (Å²) in [6.45, 7) is 2.04. The molecule has 0 spiro atoms. The average molecular weight is 272 g/mol. The zero-order valence-electron chi connectivity index (χ0n) is 10.8. The van der Waals surface area contributed by atoms with Crippen LogP contribution >= 0.6 is 11.3 Å². The van der Waals surface area contributed by atoms with E-state index < -0.39 is 0 Å². The van der Waals surface area contributed by atoms with Crippen LogP contribution in [0.5, 0.6) is 0 Å². The number of nitrogens with one attached hydrogen (secondary N) is 1. The van der Waals surface area contributed by atoms with E-state index in [-0.39, 0.29) is 5.91 Å². The van der Waals surface area contributed by atoms with Crippen molar-refractivity contribution >= 4 is 23.5 Å². The number of nitrogens with zero attached hydrogens (tertiary/aromatic N) is 1. The third kappa shape index (κ3) is 4.67. The molecular weight excluding hydrogens is 256 g/mol. The molecule has 0 aliphatic heterocycles. The third-order valence-corrected chi connectivity index (χ3v) is 3.56. The maximum Gasteiger partial charge on any atom is 0.240 e. The van der Waals surface area contributed by atoms with Crippen LogP contribution in [0.4, 0.5) is 0 Å². The number of benzene rings is 1. The van der Waals surface area contributed by atoms with Crippen LogP contribution in [0.25, 0.3) is 0 Å². The van der Waals surface area contributed by atoms with Gasteiger partial charge in [0.2, 0.25) is 5.91 Å². The van der Waals surface area contributed by atoms with Gasteiger partial charge in [0.25, 0.3) is 0 Å². The van der Waals surface area contributed by atoms with Gasteiger partial charge in [-0.1, -0.05) is 30.3 Å². The van der Waals surface area contributed by atoms with E-state index in [0.29, 0.717) is 6.42 Å². The molecule has 3 nitrogen and oxygen atoms in total. The van der Waals surface area contributed by atoms with Gasteiger partial charge in [-0.05, 0) is 31.0 Å². The van der Waals surface area contributed by atoms with Gasteiger partial charge in [-0.25, -0.2) is 5.43 Å². The summed E-state index contributed by atoms with van der Waals surface area (Å²) in [5, 5.41) is 3.95. The highest BCUT2D eigenvalue weighted by atomic mass is 32.1. The van der Waals surface area contributed by atoms with E-state index in [1.54, 1.807) is 17.6 Å². The third-order valence-electron chi connectivity index (χ3n) is 2.63. The van der Waals surface area contributed by atoms with E-state index in [2.05, 4.69) is 10.5 Å². The molecule has 19 heavy (non-hydrogen) atoms. The second-order valence-electron chi connectivity index (χ2n) is 4.23. The van der Waals surface area contributed by atoms with E-state index in [1.807, 2.05) is 49.4 Å². The van der Waals surface area contributed by atoms with Gasteiger partial charge >= 0.3 is 0 Å². The first kappa shape index (κ1) is 13.5. The number of hydrogen-bond donors (Lipinski definition) is 1. The van der Waals surface area contributed by atoms with Crippen LogP contribution in [0, 0.1) is 6.92 Å². The first-order valence-corrected chi connectivity index (χ1v) is 6.98. The molecule has 0 fully saturated rings. The lowest BCUT2D eigenvalue weighted by molar-refractivity contribution is -0.121. The summed E-state index contributed by atoms with van der Waals surface area (Å²) in [7, 11) is 0. The Morgan fingerprint density at radius 1 is 1.26 bits per heavy atom. The van der Waals surface area contributed by atoms with Gasteiger partial charge in [-0.3, -0.25) is 4.79 Å². The molecule has 1 aromatic carbocycles. The van der Waals surface area contributed by atoms with E-state index >= 15 is 0 Å². The number of thiophene rings is 1. The van der Waals surface area contributed by atoms with Gasteiger partial charge in [-0.2, -0.15) is 5.10 Å². The van der Waals surface area contributed by atoms with Crippen molar-refractivity contribution in [1.29, 1.82) is 0 Å². The predicted octanol–water partition coefficient (Wildman–Crippen LogP) is 3.14. The van der Waals surface area contributed by atoms with Gasteiger partial charge in [0.05, 0.1) is 6.21 Å². The SMILES string of the molecule is Cc1ccc(/C=N\NC(=O)CCc2ccccc2)s1. The van der Waals surface area contributed by atoms with E-state index in [1.165, 1.54) is 4.88 Å². The molecule has 98 valence electrons. The summed E-state index contributed by atoms with van der Waals surface area (Å²) < 4.78 is 0. The van der Waals surface area contributed by atoms with Crippen LogP contribution in [0.15, 0.2) is 47.6 Å². The van der Waals surface area contributed by atoms with Gasteiger partial charge in [0, 0.05) is 16.2 Å². The largest absolute Gasteiger partial charge is 0.273 e. The maximum atomic E-state index is 11.6. The van der Waals surface area contributed by atoms with Crippen LogP contribution in [0.2, 0.25) is 0 Å². The standard InChI is InChI=1S/C15H16N2OS/c1-12-7-9-14(19-12)11-16-17-15(18)10-8-13-5-3-2-4-6-13/h2-7,9,11H,8,10H2,1H3,(H,17,18)/b16-11-. The van der Waals surface area contributed by atoms with Crippen molar-refractivity contribution in [3.05, 3.63) is 57.8 Å². The second-order valence-corrected chi connectivity index (χ2v) is 5.55. The first-order valence-electron chi connectivity index (χ1n) is 6.16. The number of aryl methyl sites for hydroxylation is 2. The van der Waals surface area contributed by atoms with E-state index in [4.69, 9.17) is 0 Å². The average Bonchev–Trinajstić information content (AvgIpc) is 2.83. The molecule has 1 aromatic heterocycles. The molecule has 2 rings (SSSR count). The normalized spacial score (nSPS) is 10.8. The van der Waals surface area contributed by atoms with Crippen LogP contribution in [-0.4, -0.2) is 12.1 Å². The number of carbonyl (C=O) groups is 1. The zero-order chi connectivity index (χ0) is 13.5. The summed E-state index contributed by atoms with van der Waals surface area (Å²) in [6, 6.07) is 14.0. The number of rotatable bonds is 5. The Balaban J connectivity index is 1.74. The molecule has 4 heteroatoms. The summed E-state index contributed by atoms with van der Waals surface area (Å²) in [5.74, 6) is -0.0617. The lowest BCUT2D eigenvalue weighted by atomic mass is 10.1. The Kier molecular flexibility index (Phi) is 4.86. The van der Waals surface area contributed by atoms with Crippen LogP contribution in [0.1, 0.15) is 21.7 Å². The van der Waals surface area contributed by atoms with Crippen molar-refractivity contribution in [2.24, 2.45) is 5.10 Å². The highest BCUT2D eigenvalue weighted by Gasteiger charge is 2.00. The van der Waals surface area contributed by atoms with Crippen molar-refractivity contribution in [3.63, 3.8) is 0 Å². The number of carbonyl (C=O) groups excluding carboxylic acids is 1. The summed E-state index contributed by atoms with van der Waals surface area (Å²) in [5.41, 5.74) is 3.71. The topological polar surface area (TPSA) is 41.5 Å². The zero-order valence-corrected chi connectivity index (χ0v) is 11.6. The molecule has 0 radical (unpaired) electrons. The molecule has 0 saturated carbocycles. The lowest BCUT2D eigenvalue weighted by Crippen LogP contribution is -2.17. The second kappa shape index (κ2) is 6.85. The highest BCUT2D eigenvalue weighted by Crippen LogP contribution is 2.12. The Labute approximate surface area is 117 Å². The number of amides is 1. The minimum Gasteiger partial charge on any atom is -0.273 e. The Hall–Kier alpha value is -1.94. The van der Waals surface area contributed by atoms with Crippen molar-refractivity contribution in [1.82, 2.24) is 5.43 Å². The van der Waals surface area contributed by atoms with Gasteiger partial charge in [0.1, 0.15) is 0 Å². The molecule has 1 N–H and O–H groups in total. The maximum absolute atomic E-state index is 11.6. The summed E-state index contributed by atoms with van der Waals surface area (Å²) >= 11 is 1.65. The Morgan fingerprint density at radius 2 is 2.05 bits per heavy atom. The van der Waals surface area contributed by atoms with E-state index in [9.17, 15) is 4.79 Å². The Morgan fingerprint density at radius 3 is 2.74 bits per heavy atom. The quantitative estimate of drug-likeness (QED) is 0.659. The molecule has 1 amide bonds. The predicted molar refractivity (Wildman–Crippen MR) is 79.6 cm³/mol. The monoisotopic (exact) mass is 272 g/mol. The molecular formula is C15H16N2OS. The van der Waals surface area contributed by atoms with Crippen molar-refractivity contribution < 1.29 is 4.79 Å². The van der Waals surface area contributed by atoms with Crippen LogP contribution < -0.4 is 5.43 Å². The number of hydrogen-bond acceptors (Lipinski definition) is 3. The minimum absolute atomic E-state index is 0.0617. The van der Waals surface area contributed by atoms with Gasteiger partial charge in [0.15, 0.2) is 0 Å². The molecule has 1 heterocycles. The molecule has 0 saturated heterocycles. The van der Waals surface area contributed by atoms with Crippen LogP contribution in [0.3, 0.4) is 0 Å². The van der Waals surface area contributed by atoms with Crippen molar-refractivity contribution in [2.75, 3.05) is 0 Å². The lowest BCUT2D eigenvalue weighted by Gasteiger charge is -2.00. The van der Waals surface area contributed by atoms with Gasteiger partial charge < -0.3 is 0 Å². The highest BCUT2D eigenvalue weighted by molar-refractivity contribution is 7.13. The fraction of sp³-hybridized carbons (Fsp3) is 0.200. The Bertz CT molecular complexity index is 561. The van der Waals surface area contributed by atoms with E-state index in [0.717, 1.165) is 16.9 Å². The minimum atomic E-state index is -0.0617. The first-order chi connectivity index (χ1) is 9.24. The molecule has 0 aliphatic carbocycles. The van der Waals surface area contributed by atoms with Gasteiger partial charge in [-0.15, -0.1) is 11.3 Å². The smallest absolute Gasteiger partial charge is 0.240 e. The summed E-state index contributed by atoms with van der Waals surface area (Å²) in [4.78, 5) is 13.9. The molecule has 0 atom stereocenters. The fourth-order valence-electron chi connectivity index (χ4n) is 1.65. The molecule has 0 aliphatic rings. The molecule has 0 bridgehead atoms. The molecule has 2 aromatic rings. The van der Waals surface area contributed by atoms with Crippen LogP contribution in [-0.2, 0) is 11.2 Å². The summed E-state index contributed by atoms with van der Waals surface area (Å²) in [6.07, 6.45) is 2.86. The molecule has 0 unspecified atom stereocenters. The van der Waals surface area contributed by atoms with Crippen molar-refractivity contribution in [2.45, 2.75) is 19.8 Å². The number of hydrazone groups is 1.